The maximum Gasteiger partial charge on any atom is 0.225 e. The minimum atomic E-state index is -0.0185. The van der Waals surface area contributed by atoms with Crippen LogP contribution in [0.5, 0.6) is 0 Å². The van der Waals surface area contributed by atoms with E-state index in [-0.39, 0.29) is 17.6 Å². The summed E-state index contributed by atoms with van der Waals surface area (Å²) in [7, 11) is 1.93. The quantitative estimate of drug-likeness (QED) is 0.636. The molecule has 0 aliphatic carbocycles. The molecule has 2 aliphatic heterocycles. The Kier molecular flexibility index (Phi) is 2.30. The van der Waals surface area contributed by atoms with E-state index < -0.39 is 0 Å². The Balaban J connectivity index is 2.34. The molecular weight excluding hydrogens is 178 g/mol. The van der Waals surface area contributed by atoms with Crippen LogP contribution >= 0.6 is 0 Å². The van der Waals surface area contributed by atoms with Crippen LogP contribution in [0, 0.1) is 5.92 Å². The normalized spacial score (nSPS) is 37.9. The van der Waals surface area contributed by atoms with E-state index in [1.54, 1.807) is 0 Å². The molecule has 0 saturated carbocycles. The molecule has 2 heterocycles. The first-order chi connectivity index (χ1) is 6.59. The van der Waals surface area contributed by atoms with Crippen LogP contribution in [-0.2, 0) is 9.53 Å². The fraction of sp³-hybridized carbons (Fsp3) is 0.909. The van der Waals surface area contributed by atoms with Crippen molar-refractivity contribution in [3.05, 3.63) is 0 Å². The average molecular weight is 197 g/mol. The predicted octanol–water partition coefficient (Wildman–Crippen LogP) is 1.42. The molecule has 3 heteroatoms. The number of likely N-dealkylation sites (N-methyl/N-ethyl adjacent to an activating group) is 1. The molecule has 80 valence electrons. The van der Waals surface area contributed by atoms with Crippen LogP contribution in [0.4, 0.5) is 0 Å². The Labute approximate surface area is 85.4 Å². The number of carbonyl (C=O) groups excluding carboxylic acids is 1. The smallest absolute Gasteiger partial charge is 0.225 e. The molecule has 0 spiro atoms. The number of ether oxygens (including phenoxy) is 1. The number of amides is 1. The largest absolute Gasteiger partial charge is 0.375 e. The molecule has 1 amide bonds. The van der Waals surface area contributed by atoms with Crippen LogP contribution in [0.3, 0.4) is 0 Å². The lowest BCUT2D eigenvalue weighted by molar-refractivity contribution is -0.133. The fourth-order valence-electron chi connectivity index (χ4n) is 3.08. The van der Waals surface area contributed by atoms with Crippen LogP contribution in [0.1, 0.15) is 33.1 Å². The summed E-state index contributed by atoms with van der Waals surface area (Å²) in [5.74, 6) is 0.717. The van der Waals surface area contributed by atoms with Gasteiger partial charge in [-0.05, 0) is 18.8 Å². The number of likely N-dealkylation sites (tertiary alicyclic amines) is 1. The zero-order valence-electron chi connectivity index (χ0n) is 9.25. The predicted molar refractivity (Wildman–Crippen MR) is 53.9 cm³/mol. The maximum absolute atomic E-state index is 11.7. The van der Waals surface area contributed by atoms with Gasteiger partial charge < -0.3 is 9.64 Å². The number of nitrogens with zero attached hydrogens (tertiary/aromatic N) is 1. The first-order valence-electron chi connectivity index (χ1n) is 5.47. The molecule has 14 heavy (non-hydrogen) atoms. The van der Waals surface area contributed by atoms with Crippen molar-refractivity contribution in [3.8, 4) is 0 Å². The van der Waals surface area contributed by atoms with Crippen molar-refractivity contribution in [1.82, 2.24) is 4.90 Å². The number of hydrogen-bond donors (Lipinski definition) is 0. The minimum Gasteiger partial charge on any atom is -0.375 e. The molecule has 2 aliphatic rings. The first-order valence-corrected chi connectivity index (χ1v) is 5.47. The van der Waals surface area contributed by atoms with E-state index in [0.717, 1.165) is 19.4 Å². The third-order valence-corrected chi connectivity index (χ3v) is 3.96. The molecule has 3 nitrogen and oxygen atoms in total. The molecule has 0 aromatic heterocycles. The summed E-state index contributed by atoms with van der Waals surface area (Å²) in [6.45, 7) is 5.20. The van der Waals surface area contributed by atoms with Gasteiger partial charge in [0, 0.05) is 13.7 Å². The molecule has 2 atom stereocenters. The summed E-state index contributed by atoms with van der Waals surface area (Å²) >= 11 is 0. The van der Waals surface area contributed by atoms with Crippen LogP contribution < -0.4 is 0 Å². The standard InChI is InChI=1S/C11H19NO2/c1-8(2)11-5-4-6-14-9(11)7-10(13)12(11)3/h8-9H,4-7H2,1-3H3. The van der Waals surface area contributed by atoms with Gasteiger partial charge in [-0.15, -0.1) is 0 Å². The van der Waals surface area contributed by atoms with Crippen LogP contribution in [0.25, 0.3) is 0 Å². The number of hydrogen-bond acceptors (Lipinski definition) is 2. The lowest BCUT2D eigenvalue weighted by Gasteiger charge is -2.46. The topological polar surface area (TPSA) is 29.5 Å². The van der Waals surface area contributed by atoms with Gasteiger partial charge in [0.2, 0.25) is 5.91 Å². The highest BCUT2D eigenvalue weighted by atomic mass is 16.5. The monoisotopic (exact) mass is 197 g/mol. The lowest BCUT2D eigenvalue weighted by Crippen LogP contribution is -2.56. The summed E-state index contributed by atoms with van der Waals surface area (Å²) in [5.41, 5.74) is -0.0185. The van der Waals surface area contributed by atoms with Gasteiger partial charge in [0.15, 0.2) is 0 Å². The SMILES string of the molecule is CC(C)C12CCCOC1CC(=O)N2C. The van der Waals surface area contributed by atoms with Gasteiger partial charge in [-0.1, -0.05) is 13.8 Å². The zero-order chi connectivity index (χ0) is 10.3. The molecule has 2 fully saturated rings. The van der Waals surface area contributed by atoms with Gasteiger partial charge in [-0.3, -0.25) is 4.79 Å². The van der Waals surface area contributed by atoms with Gasteiger partial charge in [-0.25, -0.2) is 0 Å². The van der Waals surface area contributed by atoms with E-state index in [2.05, 4.69) is 13.8 Å². The summed E-state index contributed by atoms with van der Waals surface area (Å²) in [6.07, 6.45) is 2.88. The molecule has 2 rings (SSSR count). The van der Waals surface area contributed by atoms with E-state index in [4.69, 9.17) is 4.74 Å². The molecule has 0 N–H and O–H groups in total. The maximum atomic E-state index is 11.7. The molecular formula is C11H19NO2. The summed E-state index contributed by atoms with van der Waals surface area (Å²) < 4.78 is 5.74. The van der Waals surface area contributed by atoms with Crippen molar-refractivity contribution < 1.29 is 9.53 Å². The van der Waals surface area contributed by atoms with E-state index in [1.807, 2.05) is 11.9 Å². The molecule has 2 unspecified atom stereocenters. The van der Waals surface area contributed by atoms with Gasteiger partial charge in [-0.2, -0.15) is 0 Å². The lowest BCUT2D eigenvalue weighted by atomic mass is 9.77. The van der Waals surface area contributed by atoms with Gasteiger partial charge in [0.1, 0.15) is 0 Å². The van der Waals surface area contributed by atoms with Crippen molar-refractivity contribution in [2.45, 2.75) is 44.8 Å². The highest BCUT2D eigenvalue weighted by molar-refractivity contribution is 5.80. The Bertz CT molecular complexity index is 252. The van der Waals surface area contributed by atoms with Crippen LogP contribution in [-0.4, -0.2) is 36.1 Å². The minimum absolute atomic E-state index is 0.0185. The van der Waals surface area contributed by atoms with E-state index in [9.17, 15) is 4.79 Å². The summed E-state index contributed by atoms with van der Waals surface area (Å²) in [5, 5.41) is 0. The van der Waals surface area contributed by atoms with Gasteiger partial charge in [0.05, 0.1) is 18.1 Å². The second kappa shape index (κ2) is 3.23. The molecule has 0 aromatic carbocycles. The molecule has 0 aromatic rings. The Morgan fingerprint density at radius 2 is 2.29 bits per heavy atom. The second-order valence-electron chi connectivity index (χ2n) is 4.77. The Morgan fingerprint density at radius 1 is 1.57 bits per heavy atom. The molecule has 0 radical (unpaired) electrons. The van der Waals surface area contributed by atoms with E-state index in [0.29, 0.717) is 12.3 Å². The van der Waals surface area contributed by atoms with Crippen molar-refractivity contribution in [2.75, 3.05) is 13.7 Å². The molecule has 0 bridgehead atoms. The summed E-state index contributed by atoms with van der Waals surface area (Å²) in [4.78, 5) is 13.6. The van der Waals surface area contributed by atoms with Gasteiger partial charge >= 0.3 is 0 Å². The third-order valence-electron chi connectivity index (χ3n) is 3.96. The second-order valence-corrected chi connectivity index (χ2v) is 4.77. The fourth-order valence-corrected chi connectivity index (χ4v) is 3.08. The Morgan fingerprint density at radius 3 is 2.86 bits per heavy atom. The molecule has 2 saturated heterocycles. The number of fused-ring (bicyclic) bond motifs is 1. The zero-order valence-corrected chi connectivity index (χ0v) is 9.25. The number of carbonyl (C=O) groups is 1. The summed E-state index contributed by atoms with van der Waals surface area (Å²) in [6, 6.07) is 0. The van der Waals surface area contributed by atoms with Crippen LogP contribution in [0.2, 0.25) is 0 Å². The Hall–Kier alpha value is -0.570. The van der Waals surface area contributed by atoms with Crippen LogP contribution in [0.15, 0.2) is 0 Å². The third kappa shape index (κ3) is 1.11. The van der Waals surface area contributed by atoms with Crippen molar-refractivity contribution >= 4 is 5.91 Å². The van der Waals surface area contributed by atoms with Crippen molar-refractivity contribution in [2.24, 2.45) is 5.92 Å². The average Bonchev–Trinajstić information content (AvgIpc) is 2.41. The number of rotatable bonds is 1. The van der Waals surface area contributed by atoms with E-state index in [1.165, 1.54) is 0 Å². The van der Waals surface area contributed by atoms with Crippen molar-refractivity contribution in [1.29, 1.82) is 0 Å². The first kappa shape index (κ1) is 9.97. The van der Waals surface area contributed by atoms with Gasteiger partial charge in [0.25, 0.3) is 0 Å². The van der Waals surface area contributed by atoms with E-state index >= 15 is 0 Å². The van der Waals surface area contributed by atoms with Crippen molar-refractivity contribution in [3.63, 3.8) is 0 Å². The highest BCUT2D eigenvalue weighted by Gasteiger charge is 2.54. The highest BCUT2D eigenvalue weighted by Crippen LogP contribution is 2.43.